The Morgan fingerprint density at radius 1 is 1.16 bits per heavy atom. The van der Waals surface area contributed by atoms with Gasteiger partial charge in [0.05, 0.1) is 12.1 Å². The lowest BCUT2D eigenvalue weighted by Gasteiger charge is -2.20. The molecular formula is C13H19ClF3NO. The van der Waals surface area contributed by atoms with Gasteiger partial charge in [0.15, 0.2) is 11.6 Å². The van der Waals surface area contributed by atoms with Crippen molar-refractivity contribution in [2.75, 3.05) is 0 Å². The molecule has 1 aromatic rings. The van der Waals surface area contributed by atoms with Crippen molar-refractivity contribution in [2.45, 2.75) is 38.8 Å². The number of hydrogen-bond donors (Lipinski definition) is 2. The van der Waals surface area contributed by atoms with Crippen LogP contribution in [0, 0.1) is 23.4 Å². The van der Waals surface area contributed by atoms with Gasteiger partial charge in [0.2, 0.25) is 0 Å². The SMILES string of the molecule is CC(C)CC[C@@H](O)[C@@H](N)c1cc(F)cc(F)c1F.Cl. The predicted octanol–water partition coefficient (Wildman–Crippen LogP) is 3.32. The van der Waals surface area contributed by atoms with Crippen molar-refractivity contribution in [3.8, 4) is 0 Å². The molecule has 0 fully saturated rings. The van der Waals surface area contributed by atoms with E-state index in [0.29, 0.717) is 24.8 Å². The van der Waals surface area contributed by atoms with Crippen molar-refractivity contribution in [3.05, 3.63) is 35.1 Å². The van der Waals surface area contributed by atoms with Crippen LogP contribution in [-0.4, -0.2) is 11.2 Å². The van der Waals surface area contributed by atoms with Crippen molar-refractivity contribution >= 4 is 12.4 Å². The molecule has 0 aliphatic heterocycles. The molecule has 2 atom stereocenters. The Morgan fingerprint density at radius 2 is 1.74 bits per heavy atom. The van der Waals surface area contributed by atoms with Gasteiger partial charge < -0.3 is 10.8 Å². The zero-order chi connectivity index (χ0) is 13.9. The highest BCUT2D eigenvalue weighted by Gasteiger charge is 2.23. The molecule has 1 rings (SSSR count). The summed E-state index contributed by atoms with van der Waals surface area (Å²) in [4.78, 5) is 0. The van der Waals surface area contributed by atoms with Gasteiger partial charge in [-0.1, -0.05) is 13.8 Å². The van der Waals surface area contributed by atoms with Crippen LogP contribution >= 0.6 is 12.4 Å². The maximum absolute atomic E-state index is 13.5. The van der Waals surface area contributed by atoms with E-state index in [4.69, 9.17) is 5.73 Å². The van der Waals surface area contributed by atoms with Crippen LogP contribution in [0.5, 0.6) is 0 Å². The molecule has 3 N–H and O–H groups in total. The molecule has 6 heteroatoms. The molecule has 0 spiro atoms. The van der Waals surface area contributed by atoms with Crippen LogP contribution in [0.3, 0.4) is 0 Å². The van der Waals surface area contributed by atoms with Gasteiger partial charge >= 0.3 is 0 Å². The van der Waals surface area contributed by atoms with Crippen LogP contribution in [0.2, 0.25) is 0 Å². The van der Waals surface area contributed by atoms with Crippen LogP contribution in [0.1, 0.15) is 38.3 Å². The highest BCUT2D eigenvalue weighted by Crippen LogP contribution is 2.24. The second-order valence-corrected chi connectivity index (χ2v) is 4.86. The first-order valence-electron chi connectivity index (χ1n) is 5.91. The van der Waals surface area contributed by atoms with E-state index in [1.165, 1.54) is 0 Å². The molecule has 0 amide bonds. The van der Waals surface area contributed by atoms with E-state index in [0.717, 1.165) is 6.07 Å². The summed E-state index contributed by atoms with van der Waals surface area (Å²) in [5.41, 5.74) is 5.31. The van der Waals surface area contributed by atoms with Crippen LogP contribution in [0.4, 0.5) is 13.2 Å². The quantitative estimate of drug-likeness (QED) is 0.819. The molecule has 0 aliphatic carbocycles. The van der Waals surface area contributed by atoms with Gasteiger partial charge in [-0.15, -0.1) is 12.4 Å². The fourth-order valence-electron chi connectivity index (χ4n) is 1.71. The summed E-state index contributed by atoms with van der Waals surface area (Å²) in [7, 11) is 0. The Labute approximate surface area is 117 Å². The molecule has 0 unspecified atom stereocenters. The van der Waals surface area contributed by atoms with Gasteiger partial charge in [-0.05, 0) is 24.8 Å². The molecule has 2 nitrogen and oxygen atoms in total. The molecule has 19 heavy (non-hydrogen) atoms. The maximum atomic E-state index is 13.5. The van der Waals surface area contributed by atoms with E-state index in [2.05, 4.69) is 0 Å². The maximum Gasteiger partial charge on any atom is 0.163 e. The third-order valence-corrected chi connectivity index (χ3v) is 2.83. The summed E-state index contributed by atoms with van der Waals surface area (Å²) in [6.45, 7) is 3.95. The topological polar surface area (TPSA) is 46.2 Å². The summed E-state index contributed by atoms with van der Waals surface area (Å²) in [5, 5.41) is 9.79. The van der Waals surface area contributed by atoms with Crippen molar-refractivity contribution in [2.24, 2.45) is 11.7 Å². The fourth-order valence-corrected chi connectivity index (χ4v) is 1.71. The Bertz CT molecular complexity index is 415. The first kappa shape index (κ1) is 18.2. The molecule has 0 radical (unpaired) electrons. The normalized spacial score (nSPS) is 14.1. The minimum atomic E-state index is -1.29. The van der Waals surface area contributed by atoms with Crippen LogP contribution in [-0.2, 0) is 0 Å². The van der Waals surface area contributed by atoms with Gasteiger partial charge in [0.25, 0.3) is 0 Å². The highest BCUT2D eigenvalue weighted by molar-refractivity contribution is 5.85. The van der Waals surface area contributed by atoms with Gasteiger partial charge in [0.1, 0.15) is 5.82 Å². The average Bonchev–Trinajstić information content (AvgIpc) is 2.29. The number of benzene rings is 1. The molecular weight excluding hydrogens is 279 g/mol. The minimum Gasteiger partial charge on any atom is -0.391 e. The monoisotopic (exact) mass is 297 g/mol. The fraction of sp³-hybridized carbons (Fsp3) is 0.538. The second kappa shape index (κ2) is 7.72. The second-order valence-electron chi connectivity index (χ2n) is 4.86. The third-order valence-electron chi connectivity index (χ3n) is 2.83. The molecule has 1 aromatic carbocycles. The van der Waals surface area contributed by atoms with Crippen molar-refractivity contribution in [3.63, 3.8) is 0 Å². The number of hydrogen-bond acceptors (Lipinski definition) is 2. The summed E-state index contributed by atoms with van der Waals surface area (Å²) < 4.78 is 39.5. The molecule has 0 bridgehead atoms. The molecule has 0 saturated carbocycles. The Morgan fingerprint density at radius 3 is 2.26 bits per heavy atom. The van der Waals surface area contributed by atoms with Crippen LogP contribution in [0.15, 0.2) is 12.1 Å². The summed E-state index contributed by atoms with van der Waals surface area (Å²) in [6, 6.07) is 0.141. The first-order valence-corrected chi connectivity index (χ1v) is 5.91. The van der Waals surface area contributed by atoms with Gasteiger partial charge in [-0.2, -0.15) is 0 Å². The molecule has 0 aromatic heterocycles. The van der Waals surface area contributed by atoms with Crippen molar-refractivity contribution < 1.29 is 18.3 Å². The number of nitrogens with two attached hydrogens (primary N) is 1. The predicted molar refractivity (Wildman–Crippen MR) is 70.6 cm³/mol. The summed E-state index contributed by atoms with van der Waals surface area (Å²) in [5.74, 6) is -3.04. The van der Waals surface area contributed by atoms with E-state index in [-0.39, 0.29) is 18.0 Å². The zero-order valence-corrected chi connectivity index (χ0v) is 11.7. The van der Waals surface area contributed by atoms with E-state index in [1.54, 1.807) is 0 Å². The molecule has 0 heterocycles. The van der Waals surface area contributed by atoms with Gasteiger partial charge in [-0.3, -0.25) is 0 Å². The lowest BCUT2D eigenvalue weighted by atomic mass is 9.95. The van der Waals surface area contributed by atoms with E-state index in [1.807, 2.05) is 13.8 Å². The minimum absolute atomic E-state index is 0. The largest absolute Gasteiger partial charge is 0.391 e. The van der Waals surface area contributed by atoms with Crippen LogP contribution in [0.25, 0.3) is 0 Å². The standard InChI is InChI=1S/C13H18F3NO.ClH/c1-7(2)3-4-11(18)13(17)9-5-8(14)6-10(15)12(9)16;/h5-7,11,13,18H,3-4,17H2,1-2H3;1H/t11-,13+;/m1./s1. The van der Waals surface area contributed by atoms with Crippen molar-refractivity contribution in [1.82, 2.24) is 0 Å². The zero-order valence-electron chi connectivity index (χ0n) is 10.9. The molecule has 0 aliphatic rings. The van der Waals surface area contributed by atoms with Crippen LogP contribution < -0.4 is 5.73 Å². The Kier molecular flexibility index (Phi) is 7.41. The Hall–Kier alpha value is -0.780. The van der Waals surface area contributed by atoms with E-state index in [9.17, 15) is 18.3 Å². The number of aliphatic hydroxyl groups excluding tert-OH is 1. The average molecular weight is 298 g/mol. The number of aliphatic hydroxyl groups is 1. The van der Waals surface area contributed by atoms with Gasteiger partial charge in [0, 0.05) is 11.6 Å². The third kappa shape index (κ3) is 5.01. The summed E-state index contributed by atoms with van der Waals surface area (Å²) in [6.07, 6.45) is 0.0353. The smallest absolute Gasteiger partial charge is 0.163 e. The lowest BCUT2D eigenvalue weighted by molar-refractivity contribution is 0.126. The number of halogens is 4. The lowest BCUT2D eigenvalue weighted by Crippen LogP contribution is -2.28. The highest BCUT2D eigenvalue weighted by atomic mass is 35.5. The molecule has 110 valence electrons. The van der Waals surface area contributed by atoms with E-state index < -0.39 is 29.6 Å². The summed E-state index contributed by atoms with van der Waals surface area (Å²) >= 11 is 0. The Balaban J connectivity index is 0.00000324. The van der Waals surface area contributed by atoms with Crippen molar-refractivity contribution in [1.29, 1.82) is 0 Å². The number of rotatable bonds is 5. The van der Waals surface area contributed by atoms with Gasteiger partial charge in [-0.25, -0.2) is 13.2 Å². The first-order chi connectivity index (χ1) is 8.32. The molecule has 0 saturated heterocycles. The van der Waals surface area contributed by atoms with E-state index >= 15 is 0 Å².